The molecular weight excluding hydrogens is 258 g/mol. The van der Waals surface area contributed by atoms with Gasteiger partial charge in [-0.15, -0.1) is 0 Å². The van der Waals surface area contributed by atoms with Gasteiger partial charge in [0.1, 0.15) is 12.6 Å². The lowest BCUT2D eigenvalue weighted by Gasteiger charge is -2.14. The van der Waals surface area contributed by atoms with Crippen molar-refractivity contribution in [1.29, 1.82) is 0 Å². The molecule has 1 amide bonds. The highest BCUT2D eigenvalue weighted by Gasteiger charge is 2.19. The lowest BCUT2D eigenvalue weighted by Crippen LogP contribution is -2.43. The van der Waals surface area contributed by atoms with Crippen molar-refractivity contribution in [2.24, 2.45) is 0 Å². The van der Waals surface area contributed by atoms with Crippen LogP contribution in [0.15, 0.2) is 42.5 Å². The summed E-state index contributed by atoms with van der Waals surface area (Å²) in [6, 6.07) is 12.4. The van der Waals surface area contributed by atoms with Crippen LogP contribution in [0.1, 0.15) is 5.56 Å². The number of carbonyl (C=O) groups is 2. The van der Waals surface area contributed by atoms with Crippen molar-refractivity contribution in [2.75, 3.05) is 6.61 Å². The number of aliphatic carboxylic acids is 1. The molecule has 5 heteroatoms. The summed E-state index contributed by atoms with van der Waals surface area (Å²) < 4.78 is 0. The first-order valence-corrected chi connectivity index (χ1v) is 6.21. The van der Waals surface area contributed by atoms with Gasteiger partial charge in [0.05, 0.1) is 0 Å². The molecule has 0 aliphatic carbocycles. The van der Waals surface area contributed by atoms with E-state index in [-0.39, 0.29) is 6.42 Å². The van der Waals surface area contributed by atoms with Crippen molar-refractivity contribution in [1.82, 2.24) is 5.32 Å². The van der Waals surface area contributed by atoms with Crippen molar-refractivity contribution >= 4 is 22.6 Å². The van der Waals surface area contributed by atoms with Gasteiger partial charge in [-0.3, -0.25) is 4.79 Å². The Kier molecular flexibility index (Phi) is 4.32. The van der Waals surface area contributed by atoms with Crippen LogP contribution in [0.4, 0.5) is 0 Å². The minimum absolute atomic E-state index is 0.173. The van der Waals surface area contributed by atoms with Crippen LogP contribution in [0.2, 0.25) is 0 Å². The molecule has 0 spiro atoms. The largest absolute Gasteiger partial charge is 0.480 e. The molecule has 0 saturated heterocycles. The molecule has 20 heavy (non-hydrogen) atoms. The lowest BCUT2D eigenvalue weighted by atomic mass is 10.0. The molecule has 2 aromatic carbocycles. The number of amides is 1. The third-order valence-electron chi connectivity index (χ3n) is 3.03. The molecule has 0 aliphatic heterocycles. The molecule has 104 valence electrons. The van der Waals surface area contributed by atoms with Crippen LogP contribution in [0.5, 0.6) is 0 Å². The summed E-state index contributed by atoms with van der Waals surface area (Å²) >= 11 is 0. The van der Waals surface area contributed by atoms with Crippen molar-refractivity contribution < 1.29 is 19.8 Å². The number of benzene rings is 2. The fourth-order valence-corrected chi connectivity index (χ4v) is 2.04. The van der Waals surface area contributed by atoms with Crippen LogP contribution in [0.25, 0.3) is 10.8 Å². The quantitative estimate of drug-likeness (QED) is 0.757. The van der Waals surface area contributed by atoms with Crippen LogP contribution < -0.4 is 5.32 Å². The molecule has 0 bridgehead atoms. The van der Waals surface area contributed by atoms with Crippen molar-refractivity contribution in [2.45, 2.75) is 12.5 Å². The highest BCUT2D eigenvalue weighted by atomic mass is 16.4. The number of aliphatic hydroxyl groups is 1. The summed E-state index contributed by atoms with van der Waals surface area (Å²) in [4.78, 5) is 22.2. The van der Waals surface area contributed by atoms with E-state index in [0.29, 0.717) is 0 Å². The summed E-state index contributed by atoms with van der Waals surface area (Å²) in [7, 11) is 0. The maximum atomic E-state index is 11.1. The number of rotatable bonds is 5. The van der Waals surface area contributed by atoms with Crippen LogP contribution >= 0.6 is 0 Å². The second kappa shape index (κ2) is 6.16. The SMILES string of the molecule is O=C(CO)NC(Cc1ccc2ccccc2c1)C(=O)O. The van der Waals surface area contributed by atoms with Crippen molar-refractivity contribution in [3.63, 3.8) is 0 Å². The fourth-order valence-electron chi connectivity index (χ4n) is 2.04. The van der Waals surface area contributed by atoms with Gasteiger partial charge in [0.15, 0.2) is 0 Å². The van der Waals surface area contributed by atoms with E-state index >= 15 is 0 Å². The number of nitrogens with one attached hydrogen (secondary N) is 1. The van der Waals surface area contributed by atoms with Crippen LogP contribution in [-0.4, -0.2) is 34.7 Å². The number of carboxylic acids is 1. The summed E-state index contributed by atoms with van der Waals surface area (Å²) in [5, 5.41) is 22.1. The summed E-state index contributed by atoms with van der Waals surface area (Å²) in [6.45, 7) is -0.721. The number of aliphatic hydroxyl groups excluding tert-OH is 1. The average molecular weight is 273 g/mol. The van der Waals surface area contributed by atoms with E-state index in [1.54, 1.807) is 0 Å². The molecular formula is C15H15NO4. The molecule has 0 fully saturated rings. The Morgan fingerprint density at radius 1 is 1.10 bits per heavy atom. The van der Waals surface area contributed by atoms with Gasteiger partial charge >= 0.3 is 5.97 Å². The minimum Gasteiger partial charge on any atom is -0.480 e. The molecule has 2 aromatic rings. The molecule has 0 radical (unpaired) electrons. The van der Waals surface area contributed by atoms with E-state index in [1.165, 1.54) is 0 Å². The van der Waals surface area contributed by atoms with Gasteiger partial charge in [0.25, 0.3) is 0 Å². The predicted molar refractivity (Wildman–Crippen MR) is 74.3 cm³/mol. The Bertz CT molecular complexity index is 639. The van der Waals surface area contributed by atoms with Crippen LogP contribution in [-0.2, 0) is 16.0 Å². The first-order valence-electron chi connectivity index (χ1n) is 6.21. The molecule has 1 unspecified atom stereocenters. The first kappa shape index (κ1) is 14.0. The van der Waals surface area contributed by atoms with Crippen molar-refractivity contribution in [3.05, 3.63) is 48.0 Å². The molecule has 0 aliphatic rings. The summed E-state index contributed by atoms with van der Waals surface area (Å²) in [5.41, 5.74) is 0.814. The Labute approximate surface area is 115 Å². The second-order valence-electron chi connectivity index (χ2n) is 4.50. The molecule has 0 aromatic heterocycles. The zero-order chi connectivity index (χ0) is 14.5. The average Bonchev–Trinajstić information content (AvgIpc) is 2.46. The molecule has 2 rings (SSSR count). The van der Waals surface area contributed by atoms with E-state index in [4.69, 9.17) is 10.2 Å². The molecule has 0 saturated carbocycles. The summed E-state index contributed by atoms with van der Waals surface area (Å²) in [6.07, 6.45) is 0.173. The second-order valence-corrected chi connectivity index (χ2v) is 4.50. The van der Waals surface area contributed by atoms with E-state index in [1.807, 2.05) is 42.5 Å². The highest BCUT2D eigenvalue weighted by molar-refractivity contribution is 5.85. The number of carbonyl (C=O) groups excluding carboxylic acids is 1. The van der Waals surface area contributed by atoms with E-state index in [0.717, 1.165) is 16.3 Å². The van der Waals surface area contributed by atoms with Gasteiger partial charge in [-0.1, -0.05) is 42.5 Å². The zero-order valence-corrected chi connectivity index (χ0v) is 10.7. The Balaban J connectivity index is 2.19. The topological polar surface area (TPSA) is 86.6 Å². The van der Waals surface area contributed by atoms with E-state index in [2.05, 4.69) is 5.32 Å². The first-order chi connectivity index (χ1) is 9.60. The van der Waals surface area contributed by atoms with Gasteiger partial charge in [0, 0.05) is 6.42 Å². The molecule has 1 atom stereocenters. The maximum Gasteiger partial charge on any atom is 0.326 e. The lowest BCUT2D eigenvalue weighted by molar-refractivity contribution is -0.142. The summed E-state index contributed by atoms with van der Waals surface area (Å²) in [5.74, 6) is -1.82. The van der Waals surface area contributed by atoms with Crippen LogP contribution in [0.3, 0.4) is 0 Å². The van der Waals surface area contributed by atoms with Crippen molar-refractivity contribution in [3.8, 4) is 0 Å². The predicted octanol–water partition coefficient (Wildman–Crippen LogP) is 0.944. The molecule has 5 nitrogen and oxygen atoms in total. The van der Waals surface area contributed by atoms with Gasteiger partial charge in [0.2, 0.25) is 5.91 Å². The molecule has 3 N–H and O–H groups in total. The Morgan fingerprint density at radius 3 is 2.45 bits per heavy atom. The van der Waals surface area contributed by atoms with Crippen LogP contribution in [0, 0.1) is 0 Å². The normalized spacial score (nSPS) is 12.1. The number of carboxylic acid groups (broad SMARTS) is 1. The maximum absolute atomic E-state index is 11.1. The van der Waals surface area contributed by atoms with E-state index in [9.17, 15) is 9.59 Å². The Morgan fingerprint density at radius 2 is 1.80 bits per heavy atom. The Hall–Kier alpha value is -2.40. The smallest absolute Gasteiger partial charge is 0.326 e. The van der Waals surface area contributed by atoms with Gasteiger partial charge in [-0.05, 0) is 16.3 Å². The fraction of sp³-hybridized carbons (Fsp3) is 0.200. The van der Waals surface area contributed by atoms with Gasteiger partial charge in [-0.2, -0.15) is 0 Å². The number of hydrogen-bond donors (Lipinski definition) is 3. The standard InChI is InChI=1S/C15H15NO4/c17-9-14(18)16-13(15(19)20)8-10-5-6-11-3-1-2-4-12(11)7-10/h1-7,13,17H,8-9H2,(H,16,18)(H,19,20). The third-order valence-corrected chi connectivity index (χ3v) is 3.03. The number of hydrogen-bond acceptors (Lipinski definition) is 3. The third kappa shape index (κ3) is 3.33. The van der Waals surface area contributed by atoms with E-state index < -0.39 is 24.5 Å². The monoisotopic (exact) mass is 273 g/mol. The van der Waals surface area contributed by atoms with Gasteiger partial charge in [-0.25, -0.2) is 4.79 Å². The minimum atomic E-state index is -1.13. The molecule has 0 heterocycles. The zero-order valence-electron chi connectivity index (χ0n) is 10.7. The highest BCUT2D eigenvalue weighted by Crippen LogP contribution is 2.16. The number of fused-ring (bicyclic) bond motifs is 1. The van der Waals surface area contributed by atoms with Gasteiger partial charge < -0.3 is 15.5 Å².